The Bertz CT molecular complexity index is 1150. The van der Waals surface area contributed by atoms with Crippen LogP contribution in [0.25, 0.3) is 11.8 Å². The lowest BCUT2D eigenvalue weighted by Crippen LogP contribution is -2.53. The predicted octanol–water partition coefficient (Wildman–Crippen LogP) is 3.26. The molecule has 2 aromatic rings. The molecule has 154 valence electrons. The number of hydrogen-bond acceptors (Lipinski definition) is 4. The second-order valence-electron chi connectivity index (χ2n) is 6.65. The molecule has 1 aromatic carbocycles. The molecule has 0 aliphatic carbocycles. The van der Waals surface area contributed by atoms with Crippen LogP contribution in [0.4, 0.5) is 0 Å². The fourth-order valence-electron chi connectivity index (χ4n) is 3.29. The van der Waals surface area contributed by atoms with Crippen LogP contribution < -0.4 is 5.32 Å². The topological polar surface area (TPSA) is 91.6 Å². The van der Waals surface area contributed by atoms with E-state index in [1.165, 1.54) is 29.2 Å². The number of aromatic carboxylic acids is 1. The Morgan fingerprint density at radius 1 is 1.30 bits per heavy atom. The third-order valence-electron chi connectivity index (χ3n) is 4.71. The summed E-state index contributed by atoms with van der Waals surface area (Å²) in [5.41, 5.74) is 2.70. The van der Waals surface area contributed by atoms with E-state index in [4.69, 9.17) is 23.8 Å². The molecule has 2 N–H and O–H groups in total. The van der Waals surface area contributed by atoms with Gasteiger partial charge in [0.15, 0.2) is 5.11 Å². The standard InChI is InChI=1S/C21H18ClN3O4S/c1-4-7-24-19(27)16(18(26)23-21(24)30)9-13-8-11(2)25(12(13)3)14-5-6-17(22)15(10-14)20(28)29/h4-6,8-10H,1,7H2,2-3H3,(H,28,29)(H,23,26,30)/b16-9+. The summed E-state index contributed by atoms with van der Waals surface area (Å²) in [6, 6.07) is 6.50. The normalized spacial score (nSPS) is 15.5. The van der Waals surface area contributed by atoms with Gasteiger partial charge in [0, 0.05) is 23.6 Å². The van der Waals surface area contributed by atoms with E-state index in [1.807, 2.05) is 24.5 Å². The van der Waals surface area contributed by atoms with Crippen molar-refractivity contribution < 1.29 is 19.5 Å². The number of hydrogen-bond donors (Lipinski definition) is 2. The van der Waals surface area contributed by atoms with E-state index in [-0.39, 0.29) is 27.8 Å². The molecular formula is C21H18ClN3O4S. The van der Waals surface area contributed by atoms with E-state index in [0.717, 1.165) is 11.4 Å². The molecule has 0 atom stereocenters. The molecule has 1 aliphatic rings. The maximum atomic E-state index is 12.7. The maximum absolute atomic E-state index is 12.7. The van der Waals surface area contributed by atoms with Gasteiger partial charge in [-0.15, -0.1) is 6.58 Å². The van der Waals surface area contributed by atoms with Crippen LogP contribution in [-0.4, -0.2) is 44.0 Å². The number of amides is 2. The first-order valence-electron chi connectivity index (χ1n) is 8.87. The lowest BCUT2D eigenvalue weighted by atomic mass is 10.1. The second kappa shape index (κ2) is 8.25. The number of carboxylic acid groups (broad SMARTS) is 1. The summed E-state index contributed by atoms with van der Waals surface area (Å²) >= 11 is 11.0. The summed E-state index contributed by atoms with van der Waals surface area (Å²) in [4.78, 5) is 37.8. The number of nitrogens with one attached hydrogen (secondary N) is 1. The van der Waals surface area contributed by atoms with E-state index < -0.39 is 17.8 Å². The first-order valence-corrected chi connectivity index (χ1v) is 9.66. The molecule has 0 radical (unpaired) electrons. The monoisotopic (exact) mass is 443 g/mol. The highest BCUT2D eigenvalue weighted by atomic mass is 35.5. The molecule has 3 rings (SSSR count). The van der Waals surface area contributed by atoms with Crippen LogP contribution in [-0.2, 0) is 9.59 Å². The average molecular weight is 444 g/mol. The molecule has 1 aromatic heterocycles. The Labute approximate surface area is 183 Å². The van der Waals surface area contributed by atoms with Gasteiger partial charge in [-0.2, -0.15) is 0 Å². The Balaban J connectivity index is 2.08. The molecule has 2 heterocycles. The molecule has 1 fully saturated rings. The van der Waals surface area contributed by atoms with Gasteiger partial charge in [-0.1, -0.05) is 17.7 Å². The number of carbonyl (C=O) groups is 3. The van der Waals surface area contributed by atoms with Crippen molar-refractivity contribution in [2.45, 2.75) is 13.8 Å². The zero-order chi connectivity index (χ0) is 22.2. The minimum absolute atomic E-state index is 0.0167. The lowest BCUT2D eigenvalue weighted by Gasteiger charge is -2.27. The van der Waals surface area contributed by atoms with Crippen LogP contribution in [0.2, 0.25) is 5.02 Å². The van der Waals surface area contributed by atoms with Gasteiger partial charge in [-0.05, 0) is 62.0 Å². The smallest absolute Gasteiger partial charge is 0.337 e. The minimum atomic E-state index is -1.13. The van der Waals surface area contributed by atoms with Crippen molar-refractivity contribution in [3.8, 4) is 5.69 Å². The second-order valence-corrected chi connectivity index (χ2v) is 7.45. The molecule has 0 unspecified atom stereocenters. The molecule has 1 saturated heterocycles. The molecule has 0 saturated carbocycles. The Morgan fingerprint density at radius 3 is 2.63 bits per heavy atom. The summed E-state index contributed by atoms with van der Waals surface area (Å²) in [7, 11) is 0. The van der Waals surface area contributed by atoms with Gasteiger partial charge in [0.2, 0.25) is 0 Å². The van der Waals surface area contributed by atoms with Crippen LogP contribution in [0.1, 0.15) is 27.3 Å². The van der Waals surface area contributed by atoms with E-state index in [9.17, 15) is 19.5 Å². The summed E-state index contributed by atoms with van der Waals surface area (Å²) in [6.45, 7) is 7.43. The van der Waals surface area contributed by atoms with Gasteiger partial charge in [0.25, 0.3) is 11.8 Å². The molecule has 7 nitrogen and oxygen atoms in total. The van der Waals surface area contributed by atoms with Crippen molar-refractivity contribution in [1.29, 1.82) is 0 Å². The highest BCUT2D eigenvalue weighted by Gasteiger charge is 2.33. The molecule has 0 spiro atoms. The minimum Gasteiger partial charge on any atom is -0.478 e. The van der Waals surface area contributed by atoms with Crippen molar-refractivity contribution in [3.05, 3.63) is 70.0 Å². The van der Waals surface area contributed by atoms with Gasteiger partial charge >= 0.3 is 5.97 Å². The molecule has 30 heavy (non-hydrogen) atoms. The van der Waals surface area contributed by atoms with Crippen LogP contribution >= 0.6 is 23.8 Å². The average Bonchev–Trinajstić information content (AvgIpc) is 2.96. The Hall–Kier alpha value is -3.23. The summed E-state index contributed by atoms with van der Waals surface area (Å²) in [5, 5.41) is 12.0. The predicted molar refractivity (Wildman–Crippen MR) is 118 cm³/mol. The largest absolute Gasteiger partial charge is 0.478 e. The third kappa shape index (κ3) is 3.79. The summed E-state index contributed by atoms with van der Waals surface area (Å²) in [6.07, 6.45) is 3.02. The zero-order valence-electron chi connectivity index (χ0n) is 16.2. The number of rotatable bonds is 5. The first-order chi connectivity index (χ1) is 14.1. The van der Waals surface area contributed by atoms with Crippen LogP contribution in [0, 0.1) is 13.8 Å². The summed E-state index contributed by atoms with van der Waals surface area (Å²) < 4.78 is 1.83. The maximum Gasteiger partial charge on any atom is 0.337 e. The van der Waals surface area contributed by atoms with Gasteiger partial charge in [0.1, 0.15) is 5.57 Å². The summed E-state index contributed by atoms with van der Waals surface area (Å²) in [5.74, 6) is -2.21. The fourth-order valence-corrected chi connectivity index (χ4v) is 3.74. The van der Waals surface area contributed by atoms with Gasteiger partial charge in [0.05, 0.1) is 10.6 Å². The number of carbonyl (C=O) groups excluding carboxylic acids is 2. The van der Waals surface area contributed by atoms with Gasteiger partial charge < -0.3 is 9.67 Å². The van der Waals surface area contributed by atoms with Crippen LogP contribution in [0.15, 0.2) is 42.5 Å². The van der Waals surface area contributed by atoms with Crippen molar-refractivity contribution in [1.82, 2.24) is 14.8 Å². The molecule has 9 heteroatoms. The quantitative estimate of drug-likeness (QED) is 0.320. The number of halogens is 1. The number of nitrogens with zero attached hydrogens (tertiary/aromatic N) is 2. The SMILES string of the molecule is C=CCN1C(=O)/C(=C/c2cc(C)n(-c3ccc(Cl)c(C(=O)O)c3)c2C)C(=O)NC1=S. The highest BCUT2D eigenvalue weighted by Crippen LogP contribution is 2.27. The zero-order valence-corrected chi connectivity index (χ0v) is 17.8. The van der Waals surface area contributed by atoms with Crippen molar-refractivity contribution >= 4 is 52.8 Å². The number of aromatic nitrogens is 1. The first kappa shape index (κ1) is 21.5. The fraction of sp³-hybridized carbons (Fsp3) is 0.143. The van der Waals surface area contributed by atoms with Crippen molar-refractivity contribution in [2.75, 3.05) is 6.54 Å². The van der Waals surface area contributed by atoms with Crippen LogP contribution in [0.5, 0.6) is 0 Å². The van der Waals surface area contributed by atoms with Gasteiger partial charge in [-0.25, -0.2) is 4.79 Å². The van der Waals surface area contributed by atoms with Crippen molar-refractivity contribution in [3.63, 3.8) is 0 Å². The van der Waals surface area contributed by atoms with E-state index in [2.05, 4.69) is 11.9 Å². The highest BCUT2D eigenvalue weighted by molar-refractivity contribution is 7.80. The van der Waals surface area contributed by atoms with E-state index in [1.54, 1.807) is 6.07 Å². The number of aryl methyl sites for hydroxylation is 1. The van der Waals surface area contributed by atoms with Crippen molar-refractivity contribution in [2.24, 2.45) is 0 Å². The number of thiocarbonyl (C=S) groups is 1. The van der Waals surface area contributed by atoms with E-state index in [0.29, 0.717) is 11.3 Å². The molecule has 0 bridgehead atoms. The number of benzene rings is 1. The molecular weight excluding hydrogens is 426 g/mol. The number of carboxylic acids is 1. The Morgan fingerprint density at radius 2 is 2.00 bits per heavy atom. The van der Waals surface area contributed by atoms with Crippen LogP contribution in [0.3, 0.4) is 0 Å². The molecule has 2 amide bonds. The Kier molecular flexibility index (Phi) is 5.91. The molecule has 1 aliphatic heterocycles. The van der Waals surface area contributed by atoms with E-state index >= 15 is 0 Å². The third-order valence-corrected chi connectivity index (χ3v) is 5.36. The lowest BCUT2D eigenvalue weighted by molar-refractivity contribution is -0.128. The van der Waals surface area contributed by atoms with Gasteiger partial charge in [-0.3, -0.25) is 19.8 Å².